The molecule has 90 valence electrons. The van der Waals surface area contributed by atoms with Gasteiger partial charge >= 0.3 is 0 Å². The summed E-state index contributed by atoms with van der Waals surface area (Å²) < 4.78 is 0. The van der Waals surface area contributed by atoms with E-state index < -0.39 is 0 Å². The van der Waals surface area contributed by atoms with Crippen molar-refractivity contribution in [3.05, 3.63) is 45.7 Å². The second-order valence-corrected chi connectivity index (χ2v) is 5.15. The average molecular weight is 277 g/mol. The third kappa shape index (κ3) is 1.73. The second kappa shape index (κ2) is 4.08. The number of fused-ring (bicyclic) bond motifs is 3. The fourth-order valence-electron chi connectivity index (χ4n) is 2.07. The summed E-state index contributed by atoms with van der Waals surface area (Å²) >= 11 is 12.3. The summed E-state index contributed by atoms with van der Waals surface area (Å²) in [6.07, 6.45) is 0. The van der Waals surface area contributed by atoms with E-state index in [1.807, 2.05) is 38.1 Å². The maximum atomic E-state index is 6.24. The molecular weight excluding hydrogens is 267 g/mol. The summed E-state index contributed by atoms with van der Waals surface area (Å²) in [5, 5.41) is 3.27. The molecule has 0 aliphatic rings. The summed E-state index contributed by atoms with van der Waals surface area (Å²) in [4.78, 5) is 9.08. The van der Waals surface area contributed by atoms with Crippen molar-refractivity contribution in [2.45, 2.75) is 13.8 Å². The first-order valence-electron chi connectivity index (χ1n) is 5.59. The van der Waals surface area contributed by atoms with E-state index in [4.69, 9.17) is 23.2 Å². The molecule has 0 radical (unpaired) electrons. The molecule has 2 aromatic heterocycles. The van der Waals surface area contributed by atoms with Crippen LogP contribution in [0.1, 0.15) is 11.4 Å². The molecule has 2 nitrogen and oxygen atoms in total. The quantitative estimate of drug-likeness (QED) is 0.556. The Morgan fingerprint density at radius 2 is 1.67 bits per heavy atom. The Morgan fingerprint density at radius 3 is 2.44 bits per heavy atom. The summed E-state index contributed by atoms with van der Waals surface area (Å²) in [5.41, 5.74) is 3.36. The van der Waals surface area contributed by atoms with Crippen LogP contribution in [0.5, 0.6) is 0 Å². The van der Waals surface area contributed by atoms with E-state index in [0.29, 0.717) is 10.0 Å². The maximum Gasteiger partial charge on any atom is 0.0982 e. The first-order valence-corrected chi connectivity index (χ1v) is 6.34. The smallest absolute Gasteiger partial charge is 0.0982 e. The number of benzene rings is 1. The molecule has 1 aromatic carbocycles. The van der Waals surface area contributed by atoms with Crippen molar-refractivity contribution in [1.29, 1.82) is 0 Å². The van der Waals surface area contributed by atoms with Gasteiger partial charge in [0.05, 0.1) is 26.8 Å². The van der Waals surface area contributed by atoms with Gasteiger partial charge in [-0.2, -0.15) is 0 Å². The first-order chi connectivity index (χ1) is 8.56. The molecule has 0 N–H and O–H groups in total. The summed E-state index contributed by atoms with van der Waals surface area (Å²) in [7, 11) is 0. The van der Waals surface area contributed by atoms with Gasteiger partial charge < -0.3 is 0 Å². The number of halogens is 2. The lowest BCUT2D eigenvalue weighted by atomic mass is 10.1. The molecule has 0 bridgehead atoms. The van der Waals surface area contributed by atoms with E-state index in [1.54, 1.807) is 0 Å². The van der Waals surface area contributed by atoms with Gasteiger partial charge in [0.1, 0.15) is 0 Å². The molecule has 0 saturated carbocycles. The SMILES string of the molecule is Cc1cc(Cl)c2ccc3cc(Cl)c(C)nc3c2n1. The van der Waals surface area contributed by atoms with Gasteiger partial charge in [-0.3, -0.25) is 4.98 Å². The highest BCUT2D eigenvalue weighted by molar-refractivity contribution is 6.36. The molecule has 4 heteroatoms. The van der Waals surface area contributed by atoms with Crippen LogP contribution >= 0.6 is 23.2 Å². The van der Waals surface area contributed by atoms with Gasteiger partial charge in [0.2, 0.25) is 0 Å². The van der Waals surface area contributed by atoms with Gasteiger partial charge in [0.25, 0.3) is 0 Å². The molecule has 0 fully saturated rings. The molecular formula is C14H10Cl2N2. The largest absolute Gasteiger partial charge is 0.251 e. The van der Waals surface area contributed by atoms with Crippen molar-refractivity contribution < 1.29 is 0 Å². The van der Waals surface area contributed by atoms with Crippen LogP contribution in [0.15, 0.2) is 24.3 Å². The van der Waals surface area contributed by atoms with Gasteiger partial charge in [-0.1, -0.05) is 35.3 Å². The minimum absolute atomic E-state index is 0.667. The maximum absolute atomic E-state index is 6.24. The Kier molecular flexibility index (Phi) is 2.65. The monoisotopic (exact) mass is 276 g/mol. The summed E-state index contributed by atoms with van der Waals surface area (Å²) in [6.45, 7) is 3.81. The normalized spacial score (nSPS) is 11.3. The molecule has 0 spiro atoms. The van der Waals surface area contributed by atoms with E-state index in [2.05, 4.69) is 9.97 Å². The number of nitrogens with zero attached hydrogens (tertiary/aromatic N) is 2. The van der Waals surface area contributed by atoms with Crippen LogP contribution in [0.4, 0.5) is 0 Å². The molecule has 2 heterocycles. The molecule has 0 atom stereocenters. The fourth-order valence-corrected chi connectivity index (χ4v) is 2.54. The Labute approximate surface area is 115 Å². The van der Waals surface area contributed by atoms with Crippen molar-refractivity contribution in [2.24, 2.45) is 0 Å². The van der Waals surface area contributed by atoms with Crippen LogP contribution in [0.25, 0.3) is 21.8 Å². The van der Waals surface area contributed by atoms with E-state index in [0.717, 1.165) is 33.2 Å². The van der Waals surface area contributed by atoms with Crippen molar-refractivity contribution in [1.82, 2.24) is 9.97 Å². The lowest BCUT2D eigenvalue weighted by molar-refractivity contribution is 1.23. The van der Waals surface area contributed by atoms with Gasteiger partial charge in [0, 0.05) is 16.5 Å². The van der Waals surface area contributed by atoms with Crippen LogP contribution in [0.3, 0.4) is 0 Å². The van der Waals surface area contributed by atoms with Crippen molar-refractivity contribution in [3.63, 3.8) is 0 Å². The van der Waals surface area contributed by atoms with Crippen LogP contribution < -0.4 is 0 Å². The van der Waals surface area contributed by atoms with E-state index in [9.17, 15) is 0 Å². The third-order valence-corrected chi connectivity index (χ3v) is 3.67. The van der Waals surface area contributed by atoms with Crippen LogP contribution in [0, 0.1) is 13.8 Å². The minimum atomic E-state index is 0.667. The predicted molar refractivity (Wildman–Crippen MR) is 76.5 cm³/mol. The molecule has 0 aliphatic heterocycles. The molecule has 0 saturated heterocycles. The Morgan fingerprint density at radius 1 is 0.889 bits per heavy atom. The number of hydrogen-bond donors (Lipinski definition) is 0. The predicted octanol–water partition coefficient (Wildman–Crippen LogP) is 4.71. The topological polar surface area (TPSA) is 25.8 Å². The second-order valence-electron chi connectivity index (χ2n) is 4.33. The van der Waals surface area contributed by atoms with Gasteiger partial charge in [0.15, 0.2) is 0 Å². The van der Waals surface area contributed by atoms with Gasteiger partial charge in [-0.15, -0.1) is 0 Å². The fraction of sp³-hybridized carbons (Fsp3) is 0.143. The van der Waals surface area contributed by atoms with E-state index >= 15 is 0 Å². The number of pyridine rings is 2. The number of aromatic nitrogens is 2. The van der Waals surface area contributed by atoms with Crippen LogP contribution in [-0.2, 0) is 0 Å². The molecule has 3 aromatic rings. The third-order valence-electron chi connectivity index (χ3n) is 2.97. The van der Waals surface area contributed by atoms with Gasteiger partial charge in [-0.25, -0.2) is 4.98 Å². The first kappa shape index (κ1) is 11.7. The number of rotatable bonds is 0. The Hall–Kier alpha value is -1.38. The molecule has 3 rings (SSSR count). The van der Waals surface area contributed by atoms with Crippen LogP contribution in [0.2, 0.25) is 10.0 Å². The zero-order valence-electron chi connectivity index (χ0n) is 9.96. The zero-order chi connectivity index (χ0) is 12.9. The molecule has 18 heavy (non-hydrogen) atoms. The standard InChI is InChI=1S/C14H10Cl2N2/c1-7-5-12(16)10-4-3-9-6-11(15)8(2)18-13(9)14(10)17-7/h3-6H,1-2H3. The molecule has 0 unspecified atom stereocenters. The highest BCUT2D eigenvalue weighted by Gasteiger charge is 2.09. The Bertz CT molecular complexity index is 782. The minimum Gasteiger partial charge on any atom is -0.251 e. The molecule has 0 amide bonds. The number of hydrogen-bond acceptors (Lipinski definition) is 2. The van der Waals surface area contributed by atoms with Gasteiger partial charge in [-0.05, 0) is 26.0 Å². The average Bonchev–Trinajstić information content (AvgIpc) is 2.30. The lowest BCUT2D eigenvalue weighted by Crippen LogP contribution is -1.91. The van der Waals surface area contributed by atoms with E-state index in [-0.39, 0.29) is 0 Å². The Balaban J connectivity index is 2.56. The summed E-state index contributed by atoms with van der Waals surface area (Å²) in [5.74, 6) is 0. The van der Waals surface area contributed by atoms with Crippen molar-refractivity contribution >= 4 is 45.0 Å². The van der Waals surface area contributed by atoms with Crippen molar-refractivity contribution in [3.8, 4) is 0 Å². The highest BCUT2D eigenvalue weighted by Crippen LogP contribution is 2.30. The van der Waals surface area contributed by atoms with Crippen LogP contribution in [-0.4, -0.2) is 9.97 Å². The summed E-state index contributed by atoms with van der Waals surface area (Å²) in [6, 6.07) is 7.70. The highest BCUT2D eigenvalue weighted by atomic mass is 35.5. The number of aryl methyl sites for hydroxylation is 2. The van der Waals surface area contributed by atoms with Crippen molar-refractivity contribution in [2.75, 3.05) is 0 Å². The zero-order valence-corrected chi connectivity index (χ0v) is 11.5. The van der Waals surface area contributed by atoms with E-state index in [1.165, 1.54) is 0 Å². The lowest BCUT2D eigenvalue weighted by Gasteiger charge is -2.07. The molecule has 0 aliphatic carbocycles.